The van der Waals surface area contributed by atoms with Gasteiger partial charge in [0.1, 0.15) is 0 Å². The molecule has 1 fully saturated rings. The van der Waals surface area contributed by atoms with Gasteiger partial charge in [-0.3, -0.25) is 4.79 Å². The van der Waals surface area contributed by atoms with Crippen molar-refractivity contribution in [2.45, 2.75) is 39.0 Å². The summed E-state index contributed by atoms with van der Waals surface area (Å²) in [7, 11) is 0. The number of allylic oxidation sites excluding steroid dienone is 1. The maximum absolute atomic E-state index is 11.7. The normalized spacial score (nSPS) is 28.2. The molecule has 1 aliphatic heterocycles. The van der Waals surface area contributed by atoms with Crippen molar-refractivity contribution in [1.29, 1.82) is 0 Å². The molecule has 0 bridgehead atoms. The number of amides is 1. The van der Waals surface area contributed by atoms with Crippen LogP contribution >= 0.6 is 0 Å². The first kappa shape index (κ1) is 10.3. The highest BCUT2D eigenvalue weighted by Crippen LogP contribution is 2.36. The molecule has 2 nitrogen and oxygen atoms in total. The van der Waals surface area contributed by atoms with Crippen LogP contribution in [-0.4, -0.2) is 12.5 Å². The zero-order valence-corrected chi connectivity index (χ0v) is 8.44. The predicted molar refractivity (Wildman–Crippen MR) is 54.4 cm³/mol. The Hall–Kier alpha value is -0.790. The molecule has 0 saturated carbocycles. The van der Waals surface area contributed by atoms with Gasteiger partial charge < -0.3 is 5.32 Å². The lowest BCUT2D eigenvalue weighted by Gasteiger charge is -2.35. The second-order valence-corrected chi connectivity index (χ2v) is 3.88. The van der Waals surface area contributed by atoms with Crippen LogP contribution in [0.5, 0.6) is 0 Å². The van der Waals surface area contributed by atoms with Gasteiger partial charge in [-0.1, -0.05) is 19.4 Å². The van der Waals surface area contributed by atoms with Gasteiger partial charge >= 0.3 is 0 Å². The zero-order valence-electron chi connectivity index (χ0n) is 8.44. The summed E-state index contributed by atoms with van der Waals surface area (Å²) in [5.41, 5.74) is -0.130. The Labute approximate surface area is 80.4 Å². The third-order valence-corrected chi connectivity index (χ3v) is 2.86. The number of rotatable bonds is 4. The molecule has 1 rings (SSSR count). The van der Waals surface area contributed by atoms with Crippen LogP contribution in [0.15, 0.2) is 12.7 Å². The Bertz CT molecular complexity index is 196. The van der Waals surface area contributed by atoms with Crippen molar-refractivity contribution in [2.24, 2.45) is 5.41 Å². The predicted octanol–water partition coefficient (Wildman–Crippen LogP) is 2.26. The molecule has 0 unspecified atom stereocenters. The summed E-state index contributed by atoms with van der Waals surface area (Å²) in [5, 5.41) is 2.96. The molecule has 2 heteroatoms. The minimum Gasteiger partial charge on any atom is -0.356 e. The van der Waals surface area contributed by atoms with Gasteiger partial charge in [0, 0.05) is 6.54 Å². The fourth-order valence-corrected chi connectivity index (χ4v) is 2.22. The third-order valence-electron chi connectivity index (χ3n) is 2.86. The fourth-order valence-electron chi connectivity index (χ4n) is 2.22. The van der Waals surface area contributed by atoms with Crippen LogP contribution in [0.25, 0.3) is 0 Å². The van der Waals surface area contributed by atoms with Crippen LogP contribution in [0.4, 0.5) is 0 Å². The number of hydrogen-bond acceptors (Lipinski definition) is 1. The summed E-state index contributed by atoms with van der Waals surface area (Å²) in [6, 6.07) is 0. The highest BCUT2D eigenvalue weighted by Gasteiger charge is 2.37. The first-order chi connectivity index (χ1) is 6.25. The molecule has 74 valence electrons. The highest BCUT2D eigenvalue weighted by molar-refractivity contribution is 5.83. The van der Waals surface area contributed by atoms with E-state index in [1.165, 1.54) is 0 Å². The van der Waals surface area contributed by atoms with Crippen LogP contribution in [0.3, 0.4) is 0 Å². The number of carbonyl (C=O) groups is 1. The summed E-state index contributed by atoms with van der Waals surface area (Å²) in [5.74, 6) is 0.237. The van der Waals surface area contributed by atoms with Gasteiger partial charge in [-0.25, -0.2) is 0 Å². The fraction of sp³-hybridized carbons (Fsp3) is 0.727. The van der Waals surface area contributed by atoms with Crippen LogP contribution in [0.1, 0.15) is 39.0 Å². The van der Waals surface area contributed by atoms with E-state index in [1.807, 2.05) is 6.08 Å². The molecule has 1 saturated heterocycles. The minimum atomic E-state index is -0.130. The summed E-state index contributed by atoms with van der Waals surface area (Å²) in [4.78, 5) is 11.7. The van der Waals surface area contributed by atoms with Crippen LogP contribution < -0.4 is 5.32 Å². The molecule has 0 spiro atoms. The number of nitrogens with one attached hydrogen (secondary N) is 1. The standard InChI is InChI=1S/C11H19NO/c1-3-6-11(7-4-2)8-5-9-12-10(11)13/h3H,1,4-9H2,2H3,(H,12,13)/t11-/m0/s1. The summed E-state index contributed by atoms with van der Waals surface area (Å²) in [6.45, 7) is 6.72. The molecule has 0 aromatic rings. The third kappa shape index (κ3) is 2.11. The Morgan fingerprint density at radius 1 is 1.69 bits per heavy atom. The van der Waals surface area contributed by atoms with Gasteiger partial charge in [-0.2, -0.15) is 0 Å². The van der Waals surface area contributed by atoms with E-state index in [1.54, 1.807) is 0 Å². The van der Waals surface area contributed by atoms with E-state index in [2.05, 4.69) is 18.8 Å². The second kappa shape index (κ2) is 4.45. The molecular weight excluding hydrogens is 162 g/mol. The summed E-state index contributed by atoms with van der Waals surface area (Å²) in [6.07, 6.45) is 6.90. The SMILES string of the molecule is C=CC[C@]1(CCC)CCCNC1=O. The lowest BCUT2D eigenvalue weighted by atomic mass is 9.74. The molecule has 1 heterocycles. The molecule has 0 aliphatic carbocycles. The second-order valence-electron chi connectivity index (χ2n) is 3.88. The van der Waals surface area contributed by atoms with E-state index in [4.69, 9.17) is 0 Å². The van der Waals surface area contributed by atoms with Crippen LogP contribution in [0, 0.1) is 5.41 Å². The van der Waals surface area contributed by atoms with Gasteiger partial charge in [0.2, 0.25) is 5.91 Å². The van der Waals surface area contributed by atoms with E-state index in [-0.39, 0.29) is 11.3 Å². The summed E-state index contributed by atoms with van der Waals surface area (Å²) >= 11 is 0. The first-order valence-electron chi connectivity index (χ1n) is 5.14. The van der Waals surface area contributed by atoms with Crippen molar-refractivity contribution in [3.63, 3.8) is 0 Å². The van der Waals surface area contributed by atoms with Crippen molar-refractivity contribution >= 4 is 5.91 Å². The van der Waals surface area contributed by atoms with E-state index >= 15 is 0 Å². The smallest absolute Gasteiger partial charge is 0.226 e. The van der Waals surface area contributed by atoms with Gasteiger partial charge in [0.15, 0.2) is 0 Å². The molecule has 0 radical (unpaired) electrons. The van der Waals surface area contributed by atoms with Crippen molar-refractivity contribution < 1.29 is 4.79 Å². The lowest BCUT2D eigenvalue weighted by molar-refractivity contribution is -0.133. The summed E-state index contributed by atoms with van der Waals surface area (Å²) < 4.78 is 0. The topological polar surface area (TPSA) is 29.1 Å². The van der Waals surface area contributed by atoms with E-state index in [0.29, 0.717) is 0 Å². The zero-order chi connectivity index (χ0) is 9.73. The Morgan fingerprint density at radius 2 is 2.46 bits per heavy atom. The Kier molecular flexibility index (Phi) is 3.52. The van der Waals surface area contributed by atoms with Gasteiger partial charge in [-0.05, 0) is 25.7 Å². The van der Waals surface area contributed by atoms with Gasteiger partial charge in [0.25, 0.3) is 0 Å². The average Bonchev–Trinajstić information content (AvgIpc) is 2.11. The van der Waals surface area contributed by atoms with Crippen molar-refractivity contribution in [2.75, 3.05) is 6.54 Å². The minimum absolute atomic E-state index is 0.130. The monoisotopic (exact) mass is 181 g/mol. The first-order valence-corrected chi connectivity index (χ1v) is 5.14. The molecule has 0 aromatic carbocycles. The van der Waals surface area contributed by atoms with Gasteiger partial charge in [-0.15, -0.1) is 6.58 Å². The lowest BCUT2D eigenvalue weighted by Crippen LogP contribution is -2.45. The number of carbonyl (C=O) groups excluding carboxylic acids is 1. The quantitative estimate of drug-likeness (QED) is 0.662. The van der Waals surface area contributed by atoms with E-state index in [9.17, 15) is 4.79 Å². The molecule has 0 aromatic heterocycles. The molecule has 1 amide bonds. The van der Waals surface area contributed by atoms with Gasteiger partial charge in [0.05, 0.1) is 5.41 Å². The average molecular weight is 181 g/mol. The number of hydrogen-bond donors (Lipinski definition) is 1. The van der Waals surface area contributed by atoms with E-state index < -0.39 is 0 Å². The molecule has 1 N–H and O–H groups in total. The maximum atomic E-state index is 11.7. The largest absolute Gasteiger partial charge is 0.356 e. The molecular formula is C11H19NO. The van der Waals surface area contributed by atoms with Crippen molar-refractivity contribution in [1.82, 2.24) is 5.32 Å². The van der Waals surface area contributed by atoms with Crippen molar-refractivity contribution in [3.05, 3.63) is 12.7 Å². The Balaban J connectivity index is 2.72. The number of piperidine rings is 1. The molecule has 1 aliphatic rings. The van der Waals surface area contributed by atoms with E-state index in [0.717, 1.165) is 38.6 Å². The highest BCUT2D eigenvalue weighted by atomic mass is 16.2. The van der Waals surface area contributed by atoms with Crippen molar-refractivity contribution in [3.8, 4) is 0 Å². The molecule has 1 atom stereocenters. The van der Waals surface area contributed by atoms with Crippen LogP contribution in [-0.2, 0) is 4.79 Å². The van der Waals surface area contributed by atoms with Crippen LogP contribution in [0.2, 0.25) is 0 Å². The maximum Gasteiger partial charge on any atom is 0.226 e. The molecule has 13 heavy (non-hydrogen) atoms. The Morgan fingerprint density at radius 3 is 3.00 bits per heavy atom.